The maximum atomic E-state index is 12.8. The summed E-state index contributed by atoms with van der Waals surface area (Å²) in [5, 5.41) is 14.1. The SMILES string of the molecule is C[C@@H]1C2CC(C[C@H]1Nc1cnn(CC(=O)NCC3CCNCC3)c(=O)c1Br)C2(C)C. The summed E-state index contributed by atoms with van der Waals surface area (Å²) in [5.74, 6) is 2.36. The van der Waals surface area contributed by atoms with Crippen LogP contribution in [0.2, 0.25) is 0 Å². The Morgan fingerprint density at radius 3 is 2.73 bits per heavy atom. The summed E-state index contributed by atoms with van der Waals surface area (Å²) < 4.78 is 1.69. The van der Waals surface area contributed by atoms with Crippen molar-refractivity contribution in [3.05, 3.63) is 21.0 Å². The second-order valence-corrected chi connectivity index (χ2v) is 10.8. The zero-order chi connectivity index (χ0) is 21.5. The van der Waals surface area contributed by atoms with Crippen LogP contribution in [0.4, 0.5) is 5.69 Å². The largest absolute Gasteiger partial charge is 0.380 e. The first kappa shape index (κ1) is 21.8. The van der Waals surface area contributed by atoms with Crippen molar-refractivity contribution in [1.29, 1.82) is 0 Å². The molecule has 3 N–H and O–H groups in total. The van der Waals surface area contributed by atoms with Crippen molar-refractivity contribution >= 4 is 27.5 Å². The molecule has 0 radical (unpaired) electrons. The molecule has 2 unspecified atom stereocenters. The van der Waals surface area contributed by atoms with Gasteiger partial charge in [-0.25, -0.2) is 4.68 Å². The van der Waals surface area contributed by atoms with E-state index in [9.17, 15) is 9.59 Å². The van der Waals surface area contributed by atoms with Gasteiger partial charge in [0.25, 0.3) is 5.56 Å². The number of carbonyl (C=O) groups is 1. The van der Waals surface area contributed by atoms with E-state index in [1.807, 2.05) is 0 Å². The molecule has 0 spiro atoms. The second kappa shape index (κ2) is 8.61. The van der Waals surface area contributed by atoms with Gasteiger partial charge in [-0.05, 0) is 83.8 Å². The van der Waals surface area contributed by atoms with E-state index in [2.05, 4.69) is 57.8 Å². The van der Waals surface area contributed by atoms with E-state index >= 15 is 0 Å². The van der Waals surface area contributed by atoms with Crippen LogP contribution in [0.15, 0.2) is 15.5 Å². The van der Waals surface area contributed by atoms with Crippen molar-refractivity contribution in [2.24, 2.45) is 29.1 Å². The quantitative estimate of drug-likeness (QED) is 0.583. The third kappa shape index (κ3) is 4.17. The summed E-state index contributed by atoms with van der Waals surface area (Å²) in [7, 11) is 0. The van der Waals surface area contributed by atoms with Crippen molar-refractivity contribution in [2.45, 2.75) is 59.0 Å². The fourth-order valence-corrected chi connectivity index (χ4v) is 6.18. The lowest BCUT2D eigenvalue weighted by atomic mass is 9.45. The number of hydrogen-bond acceptors (Lipinski definition) is 5. The number of anilines is 1. The van der Waals surface area contributed by atoms with Gasteiger partial charge in [-0.1, -0.05) is 20.8 Å². The van der Waals surface area contributed by atoms with E-state index in [-0.39, 0.29) is 18.0 Å². The van der Waals surface area contributed by atoms with Gasteiger partial charge >= 0.3 is 0 Å². The van der Waals surface area contributed by atoms with Gasteiger partial charge in [0, 0.05) is 12.6 Å². The van der Waals surface area contributed by atoms with Crippen LogP contribution >= 0.6 is 15.9 Å². The summed E-state index contributed by atoms with van der Waals surface area (Å²) in [6.45, 7) is 9.69. The van der Waals surface area contributed by atoms with Gasteiger partial charge in [0.15, 0.2) is 0 Å². The monoisotopic (exact) mass is 479 g/mol. The lowest BCUT2D eigenvalue weighted by molar-refractivity contribution is -0.122. The summed E-state index contributed by atoms with van der Waals surface area (Å²) in [4.78, 5) is 25.1. The molecule has 1 aromatic heterocycles. The number of rotatable bonds is 6. The zero-order valence-electron chi connectivity index (χ0n) is 18.2. The number of halogens is 1. The maximum absolute atomic E-state index is 12.8. The molecule has 5 rings (SSSR count). The predicted octanol–water partition coefficient (Wildman–Crippen LogP) is 2.60. The molecule has 30 heavy (non-hydrogen) atoms. The predicted molar refractivity (Wildman–Crippen MR) is 121 cm³/mol. The molecule has 0 aromatic carbocycles. The third-order valence-electron chi connectivity index (χ3n) is 8.02. The van der Waals surface area contributed by atoms with Gasteiger partial charge in [-0.3, -0.25) is 9.59 Å². The number of nitrogens with one attached hydrogen (secondary N) is 3. The highest BCUT2D eigenvalue weighted by Crippen LogP contribution is 2.61. The Labute approximate surface area is 186 Å². The minimum atomic E-state index is -0.272. The Hall–Kier alpha value is -1.41. The van der Waals surface area contributed by atoms with Crippen LogP contribution in [0.1, 0.15) is 46.5 Å². The average molecular weight is 480 g/mol. The Morgan fingerprint density at radius 1 is 1.33 bits per heavy atom. The summed E-state index contributed by atoms with van der Waals surface area (Å²) >= 11 is 3.44. The molecule has 4 fully saturated rings. The summed E-state index contributed by atoms with van der Waals surface area (Å²) in [6, 6.07) is 0.350. The molecule has 4 aliphatic rings. The maximum Gasteiger partial charge on any atom is 0.283 e. The lowest BCUT2D eigenvalue weighted by Gasteiger charge is -2.62. The van der Waals surface area contributed by atoms with Crippen molar-refractivity contribution in [3.63, 3.8) is 0 Å². The van der Waals surface area contributed by atoms with E-state index in [1.54, 1.807) is 6.20 Å². The molecule has 166 valence electrons. The molecular formula is C22H34BrN5O2. The molecule has 1 aromatic rings. The number of amides is 1. The van der Waals surface area contributed by atoms with E-state index in [0.717, 1.165) is 49.9 Å². The topological polar surface area (TPSA) is 88.1 Å². The Balaban J connectivity index is 1.35. The average Bonchev–Trinajstić information content (AvgIpc) is 2.73. The van der Waals surface area contributed by atoms with Gasteiger partial charge in [0.1, 0.15) is 11.0 Å². The van der Waals surface area contributed by atoms with E-state index in [0.29, 0.717) is 34.3 Å². The van der Waals surface area contributed by atoms with Crippen LogP contribution in [0.5, 0.6) is 0 Å². The second-order valence-electron chi connectivity index (χ2n) is 10.0. The molecule has 2 bridgehead atoms. The fraction of sp³-hybridized carbons (Fsp3) is 0.773. The number of nitrogens with zero attached hydrogens (tertiary/aromatic N) is 2. The Kier molecular flexibility index (Phi) is 6.26. The van der Waals surface area contributed by atoms with Crippen molar-refractivity contribution in [1.82, 2.24) is 20.4 Å². The number of hydrogen-bond donors (Lipinski definition) is 3. The standard InChI is InChI=1S/C22H34BrN5O2/c1-13-16-8-15(22(16,2)3)9-17(13)27-18-11-26-28(21(30)20(18)23)12-19(29)25-10-14-4-6-24-7-5-14/h11,13-17,24,27H,4-10,12H2,1-3H3,(H,25,29)/t13-,15?,16?,17-/m1/s1. The number of piperidine rings is 1. The minimum Gasteiger partial charge on any atom is -0.380 e. The molecule has 8 heteroatoms. The fourth-order valence-electron chi connectivity index (χ4n) is 5.75. The van der Waals surface area contributed by atoms with Gasteiger partial charge in [-0.15, -0.1) is 0 Å². The number of aromatic nitrogens is 2. The first-order valence-corrected chi connectivity index (χ1v) is 12.1. The Morgan fingerprint density at radius 2 is 2.07 bits per heavy atom. The molecular weight excluding hydrogens is 446 g/mol. The van der Waals surface area contributed by atoms with Crippen LogP contribution in [-0.2, 0) is 11.3 Å². The van der Waals surface area contributed by atoms with Crippen LogP contribution < -0.4 is 21.5 Å². The molecule has 4 atom stereocenters. The van der Waals surface area contributed by atoms with Gasteiger partial charge < -0.3 is 16.0 Å². The highest BCUT2D eigenvalue weighted by atomic mass is 79.9. The highest BCUT2D eigenvalue weighted by molar-refractivity contribution is 9.10. The van der Waals surface area contributed by atoms with Gasteiger partial charge in [0.2, 0.25) is 5.91 Å². The first-order chi connectivity index (χ1) is 14.3. The van der Waals surface area contributed by atoms with Crippen LogP contribution in [-0.4, -0.2) is 41.4 Å². The number of fused-ring (bicyclic) bond motifs is 2. The molecule has 7 nitrogen and oxygen atoms in total. The molecule has 3 aliphatic carbocycles. The van der Waals surface area contributed by atoms with Crippen molar-refractivity contribution in [3.8, 4) is 0 Å². The van der Waals surface area contributed by atoms with Crippen LogP contribution in [0.25, 0.3) is 0 Å². The van der Waals surface area contributed by atoms with Crippen LogP contribution in [0, 0.1) is 29.1 Å². The van der Waals surface area contributed by atoms with Gasteiger partial charge in [0.05, 0.1) is 11.9 Å². The van der Waals surface area contributed by atoms with Crippen molar-refractivity contribution < 1.29 is 4.79 Å². The first-order valence-electron chi connectivity index (χ1n) is 11.3. The third-order valence-corrected chi connectivity index (χ3v) is 8.79. The Bertz CT molecular complexity index is 848. The lowest BCUT2D eigenvalue weighted by Crippen LogP contribution is -2.58. The highest BCUT2D eigenvalue weighted by Gasteiger charge is 2.56. The smallest absolute Gasteiger partial charge is 0.283 e. The zero-order valence-corrected chi connectivity index (χ0v) is 19.8. The minimum absolute atomic E-state index is 0.0547. The number of carbonyl (C=O) groups excluding carboxylic acids is 1. The summed E-state index contributed by atoms with van der Waals surface area (Å²) in [6.07, 6.45) is 6.26. The van der Waals surface area contributed by atoms with E-state index < -0.39 is 0 Å². The van der Waals surface area contributed by atoms with E-state index in [1.165, 1.54) is 11.1 Å². The van der Waals surface area contributed by atoms with Crippen LogP contribution in [0.3, 0.4) is 0 Å². The molecule has 2 heterocycles. The summed E-state index contributed by atoms with van der Waals surface area (Å²) in [5.41, 5.74) is 0.881. The normalized spacial score (nSPS) is 30.4. The molecule has 1 saturated heterocycles. The van der Waals surface area contributed by atoms with Gasteiger partial charge in [-0.2, -0.15) is 5.10 Å². The molecule has 3 saturated carbocycles. The van der Waals surface area contributed by atoms with E-state index in [4.69, 9.17) is 0 Å². The molecule has 1 amide bonds. The molecule has 1 aliphatic heterocycles. The van der Waals surface area contributed by atoms with Crippen molar-refractivity contribution in [2.75, 3.05) is 25.0 Å².